The Balaban J connectivity index is 1.32. The van der Waals surface area contributed by atoms with Crippen molar-refractivity contribution in [2.75, 3.05) is 26.2 Å². The molecule has 194 valence electrons. The SMILES string of the molecule is CCOc1cccc(C(=O)NC(C(=O)NCC2CCN(Cc3ccc(Cl)cc3)CC2)c2ccccc2)c1. The first-order valence-electron chi connectivity index (χ1n) is 12.8. The number of likely N-dealkylation sites (tertiary alicyclic amines) is 1. The lowest BCUT2D eigenvalue weighted by Gasteiger charge is -2.32. The molecule has 0 aromatic heterocycles. The number of ether oxygens (including phenoxy) is 1. The average Bonchev–Trinajstić information content (AvgIpc) is 2.93. The highest BCUT2D eigenvalue weighted by molar-refractivity contribution is 6.30. The van der Waals surface area contributed by atoms with Crippen molar-refractivity contribution in [3.05, 3.63) is 101 Å². The van der Waals surface area contributed by atoms with Crippen LogP contribution < -0.4 is 15.4 Å². The van der Waals surface area contributed by atoms with E-state index in [2.05, 4.69) is 27.7 Å². The van der Waals surface area contributed by atoms with Crippen LogP contribution in [0, 0.1) is 5.92 Å². The minimum Gasteiger partial charge on any atom is -0.494 e. The van der Waals surface area contributed by atoms with E-state index in [1.54, 1.807) is 18.2 Å². The minimum atomic E-state index is -0.783. The number of nitrogens with one attached hydrogen (secondary N) is 2. The minimum absolute atomic E-state index is 0.205. The van der Waals surface area contributed by atoms with E-state index in [1.165, 1.54) is 5.56 Å². The second-order valence-electron chi connectivity index (χ2n) is 9.37. The van der Waals surface area contributed by atoms with Crippen molar-refractivity contribution in [1.82, 2.24) is 15.5 Å². The van der Waals surface area contributed by atoms with Crippen LogP contribution in [0.3, 0.4) is 0 Å². The number of amides is 2. The summed E-state index contributed by atoms with van der Waals surface area (Å²) in [5, 5.41) is 6.77. The van der Waals surface area contributed by atoms with E-state index in [1.807, 2.05) is 55.5 Å². The first-order chi connectivity index (χ1) is 18.0. The molecule has 2 amide bonds. The summed E-state index contributed by atoms with van der Waals surface area (Å²) >= 11 is 6.00. The third-order valence-electron chi connectivity index (χ3n) is 6.67. The fourth-order valence-electron chi connectivity index (χ4n) is 4.60. The zero-order valence-corrected chi connectivity index (χ0v) is 21.9. The maximum atomic E-state index is 13.3. The average molecular weight is 520 g/mol. The molecule has 7 heteroatoms. The predicted octanol–water partition coefficient (Wildman–Crippen LogP) is 5.24. The van der Waals surface area contributed by atoms with Crippen LogP contribution in [0.1, 0.15) is 47.3 Å². The number of nitrogens with zero attached hydrogens (tertiary/aromatic N) is 1. The lowest BCUT2D eigenvalue weighted by atomic mass is 9.96. The number of carbonyl (C=O) groups excluding carboxylic acids is 2. The van der Waals surface area contributed by atoms with Gasteiger partial charge in [-0.1, -0.05) is 60.1 Å². The maximum absolute atomic E-state index is 13.3. The molecule has 1 fully saturated rings. The molecular weight excluding hydrogens is 486 g/mol. The van der Waals surface area contributed by atoms with Crippen LogP contribution in [0.5, 0.6) is 5.75 Å². The molecule has 4 rings (SSSR count). The molecule has 2 N–H and O–H groups in total. The standard InChI is InChI=1S/C30H34ClN3O3/c1-2-37-27-10-6-9-25(19-27)29(35)33-28(24-7-4-3-5-8-24)30(36)32-20-22-15-17-34(18-16-22)21-23-11-13-26(31)14-12-23/h3-14,19,22,28H,2,15-18,20-21H2,1H3,(H,32,36)(H,33,35). The van der Waals surface area contributed by atoms with Gasteiger partial charge < -0.3 is 15.4 Å². The molecule has 3 aromatic carbocycles. The van der Waals surface area contributed by atoms with Crippen molar-refractivity contribution in [3.63, 3.8) is 0 Å². The van der Waals surface area contributed by atoms with Gasteiger partial charge in [-0.05, 0) is 80.2 Å². The van der Waals surface area contributed by atoms with Crippen LogP contribution in [0.2, 0.25) is 5.02 Å². The molecule has 0 saturated carbocycles. The Labute approximate surface area is 224 Å². The van der Waals surface area contributed by atoms with Crippen LogP contribution in [0.15, 0.2) is 78.9 Å². The molecular formula is C30H34ClN3O3. The molecule has 1 atom stereocenters. The van der Waals surface area contributed by atoms with Crippen LogP contribution in [0.4, 0.5) is 0 Å². The Hall–Kier alpha value is -3.35. The fraction of sp³-hybridized carbons (Fsp3) is 0.333. The normalized spacial score (nSPS) is 15.1. The highest BCUT2D eigenvalue weighted by Crippen LogP contribution is 2.21. The Morgan fingerprint density at radius 1 is 1.00 bits per heavy atom. The molecule has 1 heterocycles. The number of piperidine rings is 1. The monoisotopic (exact) mass is 519 g/mol. The van der Waals surface area contributed by atoms with Gasteiger partial charge in [-0.3, -0.25) is 14.5 Å². The summed E-state index contributed by atoms with van der Waals surface area (Å²) in [5.41, 5.74) is 2.45. The van der Waals surface area contributed by atoms with E-state index in [9.17, 15) is 9.59 Å². The lowest BCUT2D eigenvalue weighted by molar-refractivity contribution is -0.123. The van der Waals surface area contributed by atoms with Gasteiger partial charge in [-0.25, -0.2) is 0 Å². The topological polar surface area (TPSA) is 70.7 Å². The number of hydrogen-bond acceptors (Lipinski definition) is 4. The quantitative estimate of drug-likeness (QED) is 0.384. The van der Waals surface area contributed by atoms with E-state index < -0.39 is 6.04 Å². The molecule has 37 heavy (non-hydrogen) atoms. The zero-order valence-electron chi connectivity index (χ0n) is 21.2. The molecule has 1 aliphatic rings. The van der Waals surface area contributed by atoms with Crippen LogP contribution in [0.25, 0.3) is 0 Å². The molecule has 1 saturated heterocycles. The molecule has 3 aromatic rings. The molecule has 0 bridgehead atoms. The van der Waals surface area contributed by atoms with Crippen molar-refractivity contribution in [2.45, 2.75) is 32.4 Å². The molecule has 6 nitrogen and oxygen atoms in total. The summed E-state index contributed by atoms with van der Waals surface area (Å²) in [6.45, 7) is 5.87. The van der Waals surface area contributed by atoms with Crippen molar-refractivity contribution in [3.8, 4) is 5.75 Å². The van der Waals surface area contributed by atoms with E-state index in [-0.39, 0.29) is 11.8 Å². The number of rotatable bonds is 10. The summed E-state index contributed by atoms with van der Waals surface area (Å²) in [7, 11) is 0. The van der Waals surface area contributed by atoms with Gasteiger partial charge in [0.05, 0.1) is 6.61 Å². The Morgan fingerprint density at radius 3 is 2.43 bits per heavy atom. The van der Waals surface area contributed by atoms with Crippen LogP contribution >= 0.6 is 11.6 Å². The number of benzene rings is 3. The summed E-state index contributed by atoms with van der Waals surface area (Å²) < 4.78 is 5.52. The Kier molecular flexibility index (Phi) is 9.58. The summed E-state index contributed by atoms with van der Waals surface area (Å²) in [5.74, 6) is 0.504. The smallest absolute Gasteiger partial charge is 0.252 e. The third-order valence-corrected chi connectivity index (χ3v) is 6.92. The lowest BCUT2D eigenvalue weighted by Crippen LogP contribution is -2.43. The van der Waals surface area contributed by atoms with Gasteiger partial charge in [0.15, 0.2) is 0 Å². The first-order valence-corrected chi connectivity index (χ1v) is 13.2. The second kappa shape index (κ2) is 13.3. The van der Waals surface area contributed by atoms with Crippen molar-refractivity contribution < 1.29 is 14.3 Å². The zero-order chi connectivity index (χ0) is 26.0. The number of halogens is 1. The fourth-order valence-corrected chi connectivity index (χ4v) is 4.72. The summed E-state index contributed by atoms with van der Waals surface area (Å²) in [6.07, 6.45) is 2.03. The van der Waals surface area contributed by atoms with Gasteiger partial charge in [-0.15, -0.1) is 0 Å². The van der Waals surface area contributed by atoms with E-state index in [0.29, 0.717) is 30.4 Å². The van der Waals surface area contributed by atoms with Crippen LogP contribution in [-0.2, 0) is 11.3 Å². The highest BCUT2D eigenvalue weighted by atomic mass is 35.5. The van der Waals surface area contributed by atoms with Crippen molar-refractivity contribution in [1.29, 1.82) is 0 Å². The summed E-state index contributed by atoms with van der Waals surface area (Å²) in [6, 6.07) is 23.5. The van der Waals surface area contributed by atoms with Gasteiger partial charge in [0.25, 0.3) is 5.91 Å². The second-order valence-corrected chi connectivity index (χ2v) is 9.81. The first kappa shape index (κ1) is 26.7. The molecule has 0 radical (unpaired) electrons. The van der Waals surface area contributed by atoms with Crippen molar-refractivity contribution >= 4 is 23.4 Å². The largest absolute Gasteiger partial charge is 0.494 e. The third kappa shape index (κ3) is 7.81. The van der Waals surface area contributed by atoms with Gasteiger partial charge in [-0.2, -0.15) is 0 Å². The summed E-state index contributed by atoms with van der Waals surface area (Å²) in [4.78, 5) is 28.8. The number of hydrogen-bond donors (Lipinski definition) is 2. The highest BCUT2D eigenvalue weighted by Gasteiger charge is 2.25. The molecule has 1 unspecified atom stereocenters. The number of carbonyl (C=O) groups is 2. The predicted molar refractivity (Wildman–Crippen MR) is 147 cm³/mol. The molecule has 0 aliphatic carbocycles. The molecule has 0 spiro atoms. The van der Waals surface area contributed by atoms with Gasteiger partial charge in [0, 0.05) is 23.7 Å². The maximum Gasteiger partial charge on any atom is 0.252 e. The van der Waals surface area contributed by atoms with E-state index in [0.717, 1.165) is 43.1 Å². The Morgan fingerprint density at radius 2 is 1.73 bits per heavy atom. The Bertz CT molecular complexity index is 1160. The van der Waals surface area contributed by atoms with E-state index in [4.69, 9.17) is 16.3 Å². The van der Waals surface area contributed by atoms with Gasteiger partial charge in [0.1, 0.15) is 11.8 Å². The van der Waals surface area contributed by atoms with Crippen LogP contribution in [-0.4, -0.2) is 43.0 Å². The van der Waals surface area contributed by atoms with Gasteiger partial charge >= 0.3 is 0 Å². The van der Waals surface area contributed by atoms with E-state index >= 15 is 0 Å². The molecule has 1 aliphatic heterocycles. The van der Waals surface area contributed by atoms with Gasteiger partial charge in [0.2, 0.25) is 5.91 Å². The van der Waals surface area contributed by atoms with Crippen molar-refractivity contribution in [2.24, 2.45) is 5.92 Å².